The van der Waals surface area contributed by atoms with Gasteiger partial charge in [0.05, 0.1) is 30.9 Å². The number of aliphatic hydroxyl groups excluding tert-OH is 1. The number of hydrazine groups is 1. The number of nitrogens with one attached hydrogen (secondary N) is 1. The van der Waals surface area contributed by atoms with Gasteiger partial charge in [0.15, 0.2) is 6.04 Å². The molecule has 2 aromatic carbocycles. The van der Waals surface area contributed by atoms with E-state index in [1.54, 1.807) is 30.5 Å². The van der Waals surface area contributed by atoms with Gasteiger partial charge in [-0.1, -0.05) is 23.7 Å². The topological polar surface area (TPSA) is 132 Å². The number of carbonyl (C=O) groups is 2. The zero-order valence-electron chi connectivity index (χ0n) is 22.7. The second-order valence-electron chi connectivity index (χ2n) is 9.81. The van der Waals surface area contributed by atoms with Gasteiger partial charge in [0.1, 0.15) is 0 Å². The van der Waals surface area contributed by atoms with Crippen molar-refractivity contribution in [1.82, 2.24) is 19.7 Å². The standard InChI is InChI=1S/C27H30ClN5O6S.2ClH/c1-39-27(36)25-15-32(40(37,38)24-5-3-18-12-20(28)4-2-19(18)13-24)16-26(35)33(25)30-21-7-10-31(11-8-21)23-6-9-29-22(14-23)17-34;;/h2-6,9,12-14,21,25,30,34H,7-8,10-11,15-17H2,1H3;2*1H. The molecular formula is C27H32Cl3N5O6S. The van der Waals surface area contributed by atoms with E-state index in [1.165, 1.54) is 24.3 Å². The number of aliphatic hydroxyl groups is 1. The summed E-state index contributed by atoms with van der Waals surface area (Å²) >= 11 is 6.04. The normalized spacial score (nSPS) is 18.4. The number of fused-ring (bicyclic) bond motifs is 1. The van der Waals surface area contributed by atoms with Crippen LogP contribution in [0.5, 0.6) is 0 Å². The number of piperidine rings is 1. The number of rotatable bonds is 7. The van der Waals surface area contributed by atoms with Crippen LogP contribution in [0, 0.1) is 0 Å². The summed E-state index contributed by atoms with van der Waals surface area (Å²) in [6.07, 6.45) is 3.01. The Hall–Kier alpha value is -2.71. The van der Waals surface area contributed by atoms with E-state index in [-0.39, 0.29) is 48.9 Å². The molecule has 0 bridgehead atoms. The zero-order chi connectivity index (χ0) is 28.4. The van der Waals surface area contributed by atoms with Crippen LogP contribution in [0.2, 0.25) is 5.02 Å². The Kier molecular flexibility index (Phi) is 11.4. The van der Waals surface area contributed by atoms with Crippen LogP contribution in [0.1, 0.15) is 18.5 Å². The fourth-order valence-electron chi connectivity index (χ4n) is 5.12. The van der Waals surface area contributed by atoms with Gasteiger partial charge in [-0.2, -0.15) is 4.31 Å². The molecule has 0 saturated carbocycles. The first kappa shape index (κ1) is 33.8. The third-order valence-electron chi connectivity index (χ3n) is 7.30. The molecule has 2 saturated heterocycles. The number of ether oxygens (including phenoxy) is 1. The number of benzene rings is 2. The number of pyridine rings is 1. The van der Waals surface area contributed by atoms with E-state index in [0.717, 1.165) is 15.4 Å². The lowest BCUT2D eigenvalue weighted by Crippen LogP contribution is -2.66. The number of anilines is 1. The second-order valence-corrected chi connectivity index (χ2v) is 12.2. The molecule has 15 heteroatoms. The third-order valence-corrected chi connectivity index (χ3v) is 9.34. The van der Waals surface area contributed by atoms with Crippen molar-refractivity contribution in [3.63, 3.8) is 0 Å². The number of methoxy groups -OCH3 is 1. The first-order chi connectivity index (χ1) is 19.2. The molecule has 1 atom stereocenters. The summed E-state index contributed by atoms with van der Waals surface area (Å²) in [7, 11) is -2.87. The van der Waals surface area contributed by atoms with Gasteiger partial charge in [-0.15, -0.1) is 24.8 Å². The Morgan fingerprint density at radius 1 is 1.10 bits per heavy atom. The largest absolute Gasteiger partial charge is 0.467 e. The zero-order valence-corrected chi connectivity index (χ0v) is 25.9. The summed E-state index contributed by atoms with van der Waals surface area (Å²) in [5, 5.41) is 12.6. The summed E-state index contributed by atoms with van der Waals surface area (Å²) in [5.41, 5.74) is 4.72. The molecule has 0 radical (unpaired) electrons. The van der Waals surface area contributed by atoms with E-state index in [4.69, 9.17) is 16.3 Å². The minimum atomic E-state index is -4.08. The molecule has 0 aliphatic carbocycles. The number of carbonyl (C=O) groups excluding carboxylic acids is 2. The highest BCUT2D eigenvalue weighted by Crippen LogP contribution is 2.27. The lowest BCUT2D eigenvalue weighted by molar-refractivity contribution is -0.160. The van der Waals surface area contributed by atoms with E-state index < -0.39 is 34.5 Å². The number of amides is 1. The van der Waals surface area contributed by atoms with Gasteiger partial charge in [-0.3, -0.25) is 14.8 Å². The van der Waals surface area contributed by atoms with Crippen LogP contribution < -0.4 is 10.3 Å². The fraction of sp³-hybridized carbons (Fsp3) is 0.370. The number of sulfonamides is 1. The summed E-state index contributed by atoms with van der Waals surface area (Å²) < 4.78 is 33.1. The van der Waals surface area contributed by atoms with Gasteiger partial charge in [0.2, 0.25) is 10.0 Å². The maximum atomic E-state index is 13.5. The number of esters is 1. The smallest absolute Gasteiger partial charge is 0.331 e. The van der Waals surface area contributed by atoms with Crippen molar-refractivity contribution in [2.24, 2.45) is 0 Å². The molecule has 5 rings (SSSR count). The first-order valence-corrected chi connectivity index (χ1v) is 14.7. The summed E-state index contributed by atoms with van der Waals surface area (Å²) in [5.74, 6) is -1.25. The highest BCUT2D eigenvalue weighted by atomic mass is 35.5. The molecule has 2 aliphatic rings. The lowest BCUT2D eigenvalue weighted by Gasteiger charge is -2.42. The molecule has 42 heavy (non-hydrogen) atoms. The van der Waals surface area contributed by atoms with Crippen molar-refractivity contribution >= 4 is 74.8 Å². The monoisotopic (exact) mass is 659 g/mol. The number of nitrogens with zero attached hydrogens (tertiary/aromatic N) is 4. The lowest BCUT2D eigenvalue weighted by atomic mass is 10.0. The minimum Gasteiger partial charge on any atom is -0.467 e. The maximum absolute atomic E-state index is 13.5. The molecule has 3 heterocycles. The molecule has 2 fully saturated rings. The van der Waals surface area contributed by atoms with Gasteiger partial charge in [0, 0.05) is 42.6 Å². The minimum absolute atomic E-state index is 0. The highest BCUT2D eigenvalue weighted by Gasteiger charge is 2.43. The van der Waals surface area contributed by atoms with Crippen molar-refractivity contribution in [3.8, 4) is 0 Å². The maximum Gasteiger partial charge on any atom is 0.331 e. The summed E-state index contributed by atoms with van der Waals surface area (Å²) in [4.78, 5) is 32.3. The molecule has 2 aliphatic heterocycles. The number of hydrogen-bond donors (Lipinski definition) is 2. The Morgan fingerprint density at radius 2 is 1.79 bits per heavy atom. The quantitative estimate of drug-likeness (QED) is 0.367. The van der Waals surface area contributed by atoms with Crippen molar-refractivity contribution in [3.05, 3.63) is 65.4 Å². The van der Waals surface area contributed by atoms with Crippen molar-refractivity contribution in [1.29, 1.82) is 0 Å². The highest BCUT2D eigenvalue weighted by molar-refractivity contribution is 7.89. The van der Waals surface area contributed by atoms with E-state index >= 15 is 0 Å². The van der Waals surface area contributed by atoms with E-state index in [0.29, 0.717) is 42.0 Å². The number of aromatic nitrogens is 1. The summed E-state index contributed by atoms with van der Waals surface area (Å²) in [6, 6.07) is 12.3. The van der Waals surface area contributed by atoms with E-state index in [2.05, 4.69) is 15.3 Å². The number of hydrogen-bond acceptors (Lipinski definition) is 9. The van der Waals surface area contributed by atoms with E-state index in [9.17, 15) is 23.1 Å². The molecule has 3 aromatic rings. The third kappa shape index (κ3) is 7.08. The Labute approximate surface area is 261 Å². The molecule has 2 N–H and O–H groups in total. The molecule has 0 spiro atoms. The summed E-state index contributed by atoms with van der Waals surface area (Å²) in [6.45, 7) is 0.574. The second kappa shape index (κ2) is 14.2. The van der Waals surface area contributed by atoms with Crippen LogP contribution in [0.3, 0.4) is 0 Å². The fourth-order valence-corrected chi connectivity index (χ4v) is 6.73. The van der Waals surface area contributed by atoms with Gasteiger partial charge in [-0.25, -0.2) is 18.6 Å². The van der Waals surface area contributed by atoms with Crippen LogP contribution in [0.25, 0.3) is 10.8 Å². The Bertz CT molecular complexity index is 1540. The van der Waals surface area contributed by atoms with E-state index in [1.807, 2.05) is 12.1 Å². The first-order valence-electron chi connectivity index (χ1n) is 12.9. The van der Waals surface area contributed by atoms with Crippen molar-refractivity contribution in [2.75, 3.05) is 38.2 Å². The van der Waals surface area contributed by atoms with Gasteiger partial charge >= 0.3 is 5.97 Å². The number of halogens is 3. The Balaban J connectivity index is 0.00000242. The molecule has 11 nitrogen and oxygen atoms in total. The predicted octanol–water partition coefficient (Wildman–Crippen LogP) is 2.77. The SMILES string of the molecule is COC(=O)C1CN(S(=O)(=O)c2ccc3cc(Cl)ccc3c2)CC(=O)N1NC1CCN(c2ccnc(CO)c2)CC1.Cl.Cl. The molecule has 228 valence electrons. The molecule has 1 amide bonds. The van der Waals surface area contributed by atoms with Crippen molar-refractivity contribution in [2.45, 2.75) is 36.4 Å². The van der Waals surface area contributed by atoms with Crippen LogP contribution in [-0.2, 0) is 31.0 Å². The van der Waals surface area contributed by atoms with Gasteiger partial charge < -0.3 is 14.7 Å². The predicted molar refractivity (Wildman–Crippen MR) is 163 cm³/mol. The molecular weight excluding hydrogens is 629 g/mol. The molecule has 1 aromatic heterocycles. The van der Waals surface area contributed by atoms with Gasteiger partial charge in [-0.05, 0) is 60.0 Å². The average Bonchev–Trinajstić information content (AvgIpc) is 2.97. The molecule has 1 unspecified atom stereocenters. The Morgan fingerprint density at radius 3 is 2.48 bits per heavy atom. The van der Waals surface area contributed by atoms with Crippen LogP contribution in [0.15, 0.2) is 59.6 Å². The average molecular weight is 661 g/mol. The number of piperazine rings is 1. The van der Waals surface area contributed by atoms with Gasteiger partial charge in [0.25, 0.3) is 5.91 Å². The van der Waals surface area contributed by atoms with Crippen molar-refractivity contribution < 1.29 is 27.9 Å². The van der Waals surface area contributed by atoms with Crippen LogP contribution in [-0.4, -0.2) is 85.1 Å². The van der Waals surface area contributed by atoms with Crippen LogP contribution >= 0.6 is 36.4 Å². The van der Waals surface area contributed by atoms with Crippen LogP contribution in [0.4, 0.5) is 5.69 Å².